The van der Waals surface area contributed by atoms with Gasteiger partial charge in [-0.2, -0.15) is 0 Å². The van der Waals surface area contributed by atoms with Gasteiger partial charge in [-0.3, -0.25) is 9.59 Å². The van der Waals surface area contributed by atoms with Crippen molar-refractivity contribution in [3.8, 4) is 17.2 Å². The minimum absolute atomic E-state index is 0.0175. The van der Waals surface area contributed by atoms with Gasteiger partial charge in [0, 0.05) is 6.54 Å². The second kappa shape index (κ2) is 7.93. The number of ether oxygens (including phenoxy) is 3. The van der Waals surface area contributed by atoms with Gasteiger partial charge in [0.15, 0.2) is 11.5 Å². The van der Waals surface area contributed by atoms with E-state index in [2.05, 4.69) is 12.1 Å². The molecule has 2 fully saturated rings. The van der Waals surface area contributed by atoms with Crippen LogP contribution in [-0.4, -0.2) is 53.4 Å². The van der Waals surface area contributed by atoms with Gasteiger partial charge in [0.2, 0.25) is 12.9 Å². The molecule has 0 bridgehead atoms. The van der Waals surface area contributed by atoms with Gasteiger partial charge >= 0.3 is 0 Å². The minimum atomic E-state index is -0.743. The highest BCUT2D eigenvalue weighted by Crippen LogP contribution is 2.58. The second-order valence-corrected chi connectivity index (χ2v) is 10.4. The van der Waals surface area contributed by atoms with Crippen molar-refractivity contribution in [2.45, 2.75) is 29.5 Å². The van der Waals surface area contributed by atoms with Crippen molar-refractivity contribution in [3.63, 3.8) is 0 Å². The summed E-state index contributed by atoms with van der Waals surface area (Å²) < 4.78 is 17.3. The largest absolute Gasteiger partial charge is 0.478 e. The molecule has 0 saturated carbocycles. The van der Waals surface area contributed by atoms with Crippen molar-refractivity contribution in [1.29, 1.82) is 0 Å². The van der Waals surface area contributed by atoms with Crippen molar-refractivity contribution in [3.05, 3.63) is 89.5 Å². The Morgan fingerprint density at radius 1 is 0.944 bits per heavy atom. The van der Waals surface area contributed by atoms with Crippen LogP contribution in [0.4, 0.5) is 0 Å². The predicted molar refractivity (Wildman–Crippen MR) is 134 cm³/mol. The fraction of sp³-hybridized carbons (Fsp3) is 0.286. The molecular weight excluding hydrogens is 476 g/mol. The van der Waals surface area contributed by atoms with E-state index in [1.54, 1.807) is 16.7 Å². The number of thioether (sulfide) groups is 1. The lowest BCUT2D eigenvalue weighted by atomic mass is 9.76. The molecule has 3 aromatic rings. The monoisotopic (exact) mass is 500 g/mol. The number of nitrogens with zero attached hydrogens (tertiary/aromatic N) is 2. The molecule has 4 aliphatic heterocycles. The topological polar surface area (TPSA) is 68.3 Å². The number of benzene rings is 3. The molecule has 2 amide bonds. The number of amides is 2. The van der Waals surface area contributed by atoms with E-state index in [9.17, 15) is 9.59 Å². The summed E-state index contributed by atoms with van der Waals surface area (Å²) in [7, 11) is 0. The number of rotatable bonds is 5. The van der Waals surface area contributed by atoms with Gasteiger partial charge in [0.1, 0.15) is 22.7 Å². The zero-order valence-corrected chi connectivity index (χ0v) is 20.4. The Kier molecular flexibility index (Phi) is 4.76. The van der Waals surface area contributed by atoms with Gasteiger partial charge in [0.25, 0.3) is 11.8 Å². The zero-order valence-electron chi connectivity index (χ0n) is 19.6. The van der Waals surface area contributed by atoms with Crippen molar-refractivity contribution >= 4 is 23.6 Å². The van der Waals surface area contributed by atoms with Crippen molar-refractivity contribution in [2.24, 2.45) is 0 Å². The number of carbonyl (C=O) groups excluding carboxylic acids is 2. The van der Waals surface area contributed by atoms with Crippen LogP contribution in [-0.2, 0) is 20.9 Å². The van der Waals surface area contributed by atoms with Crippen molar-refractivity contribution in [2.75, 3.05) is 19.6 Å². The highest BCUT2D eigenvalue weighted by molar-refractivity contribution is 7.99. The Morgan fingerprint density at radius 3 is 2.56 bits per heavy atom. The Balaban J connectivity index is 1.32. The number of carbonyl (C=O) groups is 2. The van der Waals surface area contributed by atoms with E-state index in [4.69, 9.17) is 14.2 Å². The quantitative estimate of drug-likeness (QED) is 0.498. The van der Waals surface area contributed by atoms with Crippen LogP contribution in [0, 0.1) is 0 Å². The summed E-state index contributed by atoms with van der Waals surface area (Å²) in [6.45, 7) is 0.812. The molecule has 182 valence electrons. The number of β-lactam (4-membered cyclic amide) rings is 2. The Labute approximate surface area is 212 Å². The first-order valence-electron chi connectivity index (χ1n) is 12.0. The van der Waals surface area contributed by atoms with E-state index in [0.29, 0.717) is 23.8 Å². The first-order chi connectivity index (χ1) is 17.6. The van der Waals surface area contributed by atoms with Gasteiger partial charge in [-0.25, -0.2) is 0 Å². The van der Waals surface area contributed by atoms with Gasteiger partial charge in [-0.15, -0.1) is 11.8 Å². The van der Waals surface area contributed by atoms with Gasteiger partial charge < -0.3 is 24.0 Å². The molecule has 4 atom stereocenters. The lowest BCUT2D eigenvalue weighted by Crippen LogP contribution is -2.81. The third-order valence-electron chi connectivity index (χ3n) is 7.70. The lowest BCUT2D eigenvalue weighted by molar-refractivity contribution is -0.195. The maximum Gasteiger partial charge on any atom is 0.267 e. The second-order valence-electron chi connectivity index (χ2n) is 9.35. The third-order valence-corrected chi connectivity index (χ3v) is 8.98. The zero-order chi connectivity index (χ0) is 24.4. The standard InChI is InChI=1S/C28H24N2O5S/c1-36-28-20-10-6-5-7-17(20)13-14-29(28)27(32)25(28)30-23(18-11-12-21-22(15-18)34-16-33-21)24(26(30)31)35-19-8-3-2-4-9-19/h2-12,15,23-25H,13-14,16H2,1H3/t23-,24-,25+,28+/m1/s1. The van der Waals surface area contributed by atoms with Crippen molar-refractivity contribution in [1.82, 2.24) is 9.80 Å². The summed E-state index contributed by atoms with van der Waals surface area (Å²) in [6.07, 6.45) is 2.09. The highest BCUT2D eigenvalue weighted by Gasteiger charge is 2.70. The Bertz CT molecular complexity index is 1380. The van der Waals surface area contributed by atoms with Crippen LogP contribution < -0.4 is 14.2 Å². The first-order valence-corrected chi connectivity index (χ1v) is 13.2. The number of para-hydroxylation sites is 1. The van der Waals surface area contributed by atoms with Crippen LogP contribution in [0.2, 0.25) is 0 Å². The molecule has 0 aromatic heterocycles. The predicted octanol–water partition coefficient (Wildman–Crippen LogP) is 3.73. The van der Waals surface area contributed by atoms with E-state index >= 15 is 0 Å². The molecule has 0 radical (unpaired) electrons. The molecule has 36 heavy (non-hydrogen) atoms. The maximum atomic E-state index is 13.8. The van der Waals surface area contributed by atoms with Crippen molar-refractivity contribution < 1.29 is 23.8 Å². The fourth-order valence-electron chi connectivity index (χ4n) is 6.05. The van der Waals surface area contributed by atoms with E-state index < -0.39 is 23.1 Å². The lowest BCUT2D eigenvalue weighted by Gasteiger charge is -2.65. The van der Waals surface area contributed by atoms with Crippen LogP contribution in [0.5, 0.6) is 17.2 Å². The van der Waals surface area contributed by atoms with Crippen LogP contribution in [0.25, 0.3) is 0 Å². The van der Waals surface area contributed by atoms with Gasteiger partial charge in [-0.05, 0) is 53.6 Å². The molecule has 7 rings (SSSR count). The molecule has 8 heteroatoms. The van der Waals surface area contributed by atoms with Crippen LogP contribution in [0.3, 0.4) is 0 Å². The van der Waals surface area contributed by atoms with E-state index in [1.807, 2.05) is 71.8 Å². The number of hydrogen-bond acceptors (Lipinski definition) is 6. The van der Waals surface area contributed by atoms with Gasteiger partial charge in [0.05, 0.1) is 0 Å². The Morgan fingerprint density at radius 2 is 1.72 bits per heavy atom. The van der Waals surface area contributed by atoms with Crippen LogP contribution in [0.1, 0.15) is 22.7 Å². The molecule has 0 N–H and O–H groups in total. The molecule has 0 spiro atoms. The molecule has 0 aliphatic carbocycles. The molecule has 4 aliphatic rings. The normalized spacial score (nSPS) is 27.6. The van der Waals surface area contributed by atoms with E-state index in [1.165, 1.54) is 5.56 Å². The van der Waals surface area contributed by atoms with Crippen LogP contribution in [0.15, 0.2) is 72.8 Å². The Hall–Kier alpha value is -3.65. The molecule has 4 heterocycles. The van der Waals surface area contributed by atoms with Gasteiger partial charge in [-0.1, -0.05) is 48.5 Å². The third kappa shape index (κ3) is 2.82. The number of hydrogen-bond donors (Lipinski definition) is 0. The average molecular weight is 501 g/mol. The molecule has 7 nitrogen and oxygen atoms in total. The number of fused-ring (bicyclic) bond motifs is 4. The summed E-state index contributed by atoms with van der Waals surface area (Å²) in [5.41, 5.74) is 3.19. The summed E-state index contributed by atoms with van der Waals surface area (Å²) in [6, 6.07) is 22.2. The average Bonchev–Trinajstić information content (AvgIpc) is 3.39. The van der Waals surface area contributed by atoms with Crippen LogP contribution >= 0.6 is 11.8 Å². The molecule has 3 aromatic carbocycles. The highest BCUT2D eigenvalue weighted by atomic mass is 32.2. The maximum absolute atomic E-state index is 13.8. The molecule has 0 unspecified atom stereocenters. The SMILES string of the molecule is CS[C@]12c3ccccc3CCN1C(=O)[C@@H]2N1C(=O)[C@H](Oc2ccccc2)[C@H]1c1ccc2c(c1)OCO2. The fourth-order valence-corrected chi connectivity index (χ4v) is 7.31. The van der Waals surface area contributed by atoms with E-state index in [-0.39, 0.29) is 18.6 Å². The number of likely N-dealkylation sites (tertiary alicyclic amines) is 1. The summed E-state index contributed by atoms with van der Waals surface area (Å²) in [5, 5.41) is 0. The molecular formula is C28H24N2O5S. The minimum Gasteiger partial charge on any atom is -0.478 e. The molecule has 2 saturated heterocycles. The summed E-state index contributed by atoms with van der Waals surface area (Å²) >= 11 is 1.63. The smallest absolute Gasteiger partial charge is 0.267 e. The summed E-state index contributed by atoms with van der Waals surface area (Å²) in [4.78, 5) is 30.4. The first kappa shape index (κ1) is 21.6. The van der Waals surface area contributed by atoms with E-state index in [0.717, 1.165) is 17.5 Å². The summed E-state index contributed by atoms with van der Waals surface area (Å²) in [5.74, 6) is 1.72.